The lowest BCUT2D eigenvalue weighted by Crippen LogP contribution is -2.51. The fraction of sp³-hybridized carbons (Fsp3) is 0.462. The lowest BCUT2D eigenvalue weighted by molar-refractivity contribution is -0.146. The predicted molar refractivity (Wildman–Crippen MR) is 134 cm³/mol. The molecule has 0 spiro atoms. The van der Waals surface area contributed by atoms with Crippen LogP contribution in [0.1, 0.15) is 30.1 Å². The van der Waals surface area contributed by atoms with Crippen LogP contribution >= 0.6 is 0 Å². The Bertz CT molecular complexity index is 1370. The number of ether oxygens (including phenoxy) is 4. The molecule has 0 bridgehead atoms. The standard InChI is InChI=1S/C26H29N5O7/c1-14(32)26(34)31-6-7-35-16(10-31)8-28-25(33)17-9-27-23-21(17)29-12-30-22(23)20-18(36-11-15-2-3-15)4-5-19-24(20)38-13-37-19/h4-5,9,12,14-16,27,32H,2-3,6-8,10-11,13H2,1H3,(H,28,33)/t14-,16?/m0/s1. The Labute approximate surface area is 218 Å². The number of carbonyl (C=O) groups is 2. The zero-order valence-corrected chi connectivity index (χ0v) is 20.9. The molecule has 1 saturated heterocycles. The number of fused-ring (bicyclic) bond motifs is 2. The van der Waals surface area contributed by atoms with Gasteiger partial charge in [0.1, 0.15) is 29.4 Å². The molecule has 4 heterocycles. The van der Waals surface area contributed by atoms with Crippen molar-refractivity contribution in [3.8, 4) is 28.5 Å². The second-order valence-corrected chi connectivity index (χ2v) is 9.74. The van der Waals surface area contributed by atoms with Crippen molar-refractivity contribution in [1.29, 1.82) is 0 Å². The smallest absolute Gasteiger partial charge is 0.255 e. The molecule has 2 aromatic heterocycles. The summed E-state index contributed by atoms with van der Waals surface area (Å²) in [4.78, 5) is 38.9. The summed E-state index contributed by atoms with van der Waals surface area (Å²) in [5, 5.41) is 12.5. The van der Waals surface area contributed by atoms with Crippen LogP contribution in [0, 0.1) is 5.92 Å². The van der Waals surface area contributed by atoms with E-state index in [9.17, 15) is 14.7 Å². The Morgan fingerprint density at radius 3 is 2.97 bits per heavy atom. The number of nitrogens with one attached hydrogen (secondary N) is 2. The second-order valence-electron chi connectivity index (χ2n) is 9.74. The highest BCUT2D eigenvalue weighted by Gasteiger charge is 2.30. The average Bonchev–Trinajstić information content (AvgIpc) is 3.45. The van der Waals surface area contributed by atoms with E-state index in [1.54, 1.807) is 11.1 Å². The van der Waals surface area contributed by atoms with E-state index in [4.69, 9.17) is 18.9 Å². The number of aliphatic hydroxyl groups is 1. The molecule has 12 heteroatoms. The maximum absolute atomic E-state index is 13.1. The number of H-pyrrole nitrogens is 1. The lowest BCUT2D eigenvalue weighted by Gasteiger charge is -2.33. The third kappa shape index (κ3) is 4.72. The van der Waals surface area contributed by atoms with Gasteiger partial charge in [0, 0.05) is 25.8 Å². The monoisotopic (exact) mass is 523 g/mol. The lowest BCUT2D eigenvalue weighted by atomic mass is 10.1. The Morgan fingerprint density at radius 1 is 1.29 bits per heavy atom. The first-order chi connectivity index (χ1) is 18.5. The van der Waals surface area contributed by atoms with Crippen LogP contribution in [0.4, 0.5) is 0 Å². The van der Waals surface area contributed by atoms with Crippen LogP contribution in [-0.4, -0.2) is 88.6 Å². The first-order valence-electron chi connectivity index (χ1n) is 12.7. The molecule has 38 heavy (non-hydrogen) atoms. The number of aliphatic hydroxyl groups excluding tert-OH is 1. The third-order valence-electron chi connectivity index (χ3n) is 6.92. The summed E-state index contributed by atoms with van der Waals surface area (Å²) in [5.41, 5.74) is 2.57. The quantitative estimate of drug-likeness (QED) is 0.399. The summed E-state index contributed by atoms with van der Waals surface area (Å²) in [6.45, 7) is 3.38. The molecule has 1 aliphatic carbocycles. The van der Waals surface area contributed by atoms with Gasteiger partial charge < -0.3 is 39.3 Å². The Kier molecular flexibility index (Phi) is 6.50. The number of rotatable bonds is 8. The highest BCUT2D eigenvalue weighted by atomic mass is 16.7. The largest absolute Gasteiger partial charge is 0.492 e. The minimum absolute atomic E-state index is 0.102. The van der Waals surface area contributed by atoms with E-state index in [1.165, 1.54) is 13.3 Å². The first-order valence-corrected chi connectivity index (χ1v) is 12.7. The SMILES string of the molecule is C[C@H](O)C(=O)N1CCOC(CNC(=O)c2c[nH]c3c(-c4c(OCC5CC5)ccc5c4OCO5)ncnc23)C1. The number of aromatic nitrogens is 3. The van der Waals surface area contributed by atoms with Gasteiger partial charge in [-0.25, -0.2) is 9.97 Å². The van der Waals surface area contributed by atoms with Gasteiger partial charge in [-0.3, -0.25) is 9.59 Å². The van der Waals surface area contributed by atoms with Crippen molar-refractivity contribution in [3.63, 3.8) is 0 Å². The molecule has 1 saturated carbocycles. The molecule has 0 radical (unpaired) electrons. The normalized spacial score (nSPS) is 19.4. The van der Waals surface area contributed by atoms with Crippen LogP contribution in [-0.2, 0) is 9.53 Å². The number of hydrogen-bond acceptors (Lipinski definition) is 9. The van der Waals surface area contributed by atoms with E-state index in [1.807, 2.05) is 12.1 Å². The fourth-order valence-corrected chi connectivity index (χ4v) is 4.70. The van der Waals surface area contributed by atoms with Gasteiger partial charge in [-0.05, 0) is 37.8 Å². The summed E-state index contributed by atoms with van der Waals surface area (Å²) < 4.78 is 23.2. The van der Waals surface area contributed by atoms with Crippen molar-refractivity contribution in [2.24, 2.45) is 5.92 Å². The minimum atomic E-state index is -1.08. The maximum Gasteiger partial charge on any atom is 0.255 e. The van der Waals surface area contributed by atoms with Crippen LogP contribution < -0.4 is 19.5 Å². The summed E-state index contributed by atoms with van der Waals surface area (Å²) >= 11 is 0. The zero-order valence-electron chi connectivity index (χ0n) is 20.9. The topological polar surface area (TPSA) is 148 Å². The second kappa shape index (κ2) is 10.1. The molecule has 3 aliphatic rings. The van der Waals surface area contributed by atoms with Crippen LogP contribution in [0.25, 0.3) is 22.3 Å². The summed E-state index contributed by atoms with van der Waals surface area (Å²) in [7, 11) is 0. The van der Waals surface area contributed by atoms with Crippen molar-refractivity contribution in [2.45, 2.75) is 32.0 Å². The van der Waals surface area contributed by atoms with E-state index < -0.39 is 6.10 Å². The molecule has 200 valence electrons. The summed E-state index contributed by atoms with van der Waals surface area (Å²) in [6.07, 6.45) is 3.86. The van der Waals surface area contributed by atoms with Gasteiger partial charge in [-0.2, -0.15) is 0 Å². The van der Waals surface area contributed by atoms with Gasteiger partial charge in [0.15, 0.2) is 11.5 Å². The molecular weight excluding hydrogens is 494 g/mol. The number of morpholine rings is 1. The predicted octanol–water partition coefficient (Wildman–Crippen LogP) is 1.48. The molecule has 1 unspecified atom stereocenters. The molecule has 2 atom stereocenters. The van der Waals surface area contributed by atoms with Crippen LogP contribution in [0.5, 0.6) is 17.2 Å². The maximum atomic E-state index is 13.1. The van der Waals surface area contributed by atoms with Crippen molar-refractivity contribution in [1.82, 2.24) is 25.2 Å². The number of nitrogens with zero attached hydrogens (tertiary/aromatic N) is 3. The summed E-state index contributed by atoms with van der Waals surface area (Å²) in [5.74, 6) is 1.65. The number of benzene rings is 1. The van der Waals surface area contributed by atoms with Crippen molar-refractivity contribution in [2.75, 3.05) is 39.6 Å². The van der Waals surface area contributed by atoms with Crippen LogP contribution in [0.3, 0.4) is 0 Å². The molecule has 3 N–H and O–H groups in total. The third-order valence-corrected chi connectivity index (χ3v) is 6.92. The molecule has 2 fully saturated rings. The molecule has 3 aromatic rings. The average molecular weight is 524 g/mol. The van der Waals surface area contributed by atoms with Gasteiger partial charge in [-0.1, -0.05) is 0 Å². The van der Waals surface area contributed by atoms with Crippen molar-refractivity contribution >= 4 is 22.8 Å². The van der Waals surface area contributed by atoms with Gasteiger partial charge in [0.25, 0.3) is 11.8 Å². The van der Waals surface area contributed by atoms with Crippen molar-refractivity contribution < 1.29 is 33.6 Å². The van der Waals surface area contributed by atoms with Gasteiger partial charge in [0.05, 0.1) is 36.0 Å². The molecule has 2 amide bonds. The van der Waals surface area contributed by atoms with Gasteiger partial charge in [0.2, 0.25) is 6.79 Å². The fourth-order valence-electron chi connectivity index (χ4n) is 4.70. The van der Waals surface area contributed by atoms with Gasteiger partial charge >= 0.3 is 0 Å². The molecule has 6 rings (SSSR count). The highest BCUT2D eigenvalue weighted by molar-refractivity contribution is 6.08. The van der Waals surface area contributed by atoms with Crippen molar-refractivity contribution in [3.05, 3.63) is 30.2 Å². The Morgan fingerprint density at radius 2 is 2.16 bits per heavy atom. The van der Waals surface area contributed by atoms with E-state index in [0.29, 0.717) is 70.8 Å². The van der Waals surface area contributed by atoms with E-state index in [0.717, 1.165) is 12.8 Å². The van der Waals surface area contributed by atoms with E-state index in [-0.39, 0.29) is 37.8 Å². The van der Waals surface area contributed by atoms with Crippen LogP contribution in [0.15, 0.2) is 24.7 Å². The number of carbonyl (C=O) groups excluding carboxylic acids is 2. The highest BCUT2D eigenvalue weighted by Crippen LogP contribution is 2.48. The zero-order chi connectivity index (χ0) is 26.2. The molecular formula is C26H29N5O7. The Hall–Kier alpha value is -3.90. The van der Waals surface area contributed by atoms with Crippen LogP contribution in [0.2, 0.25) is 0 Å². The minimum Gasteiger partial charge on any atom is -0.492 e. The molecule has 1 aromatic carbocycles. The van der Waals surface area contributed by atoms with Gasteiger partial charge in [-0.15, -0.1) is 0 Å². The Balaban J connectivity index is 1.23. The summed E-state index contributed by atoms with van der Waals surface area (Å²) in [6, 6.07) is 3.68. The van der Waals surface area contributed by atoms with E-state index in [2.05, 4.69) is 20.3 Å². The first kappa shape index (κ1) is 24.4. The van der Waals surface area contributed by atoms with E-state index >= 15 is 0 Å². The number of aromatic amines is 1. The molecule has 2 aliphatic heterocycles. The molecule has 12 nitrogen and oxygen atoms in total. The number of amides is 2. The number of hydrogen-bond donors (Lipinski definition) is 3.